The number of benzene rings is 4. The van der Waals surface area contributed by atoms with Gasteiger partial charge in [0.15, 0.2) is 0 Å². The molecule has 4 rings (SSSR count). The molecule has 0 bridgehead atoms. The van der Waals surface area contributed by atoms with E-state index in [4.69, 9.17) is 4.74 Å². The van der Waals surface area contributed by atoms with Crippen molar-refractivity contribution in [1.29, 1.82) is 0 Å². The summed E-state index contributed by atoms with van der Waals surface area (Å²) < 4.78 is 5.59. The first kappa shape index (κ1) is 19.7. The first-order chi connectivity index (χ1) is 14.2. The summed E-state index contributed by atoms with van der Waals surface area (Å²) in [4.78, 5) is 12.2. The van der Waals surface area contributed by atoms with Gasteiger partial charge in [0.2, 0.25) is 0 Å². The number of unbranched alkanes of at least 4 members (excludes halogenated alkanes) is 4. The van der Waals surface area contributed by atoms with Crippen molar-refractivity contribution in [1.82, 2.24) is 0 Å². The first-order valence-corrected chi connectivity index (χ1v) is 10.7. The van der Waals surface area contributed by atoms with Crippen LogP contribution in [0.1, 0.15) is 56.6 Å². The molecule has 0 atom stereocenters. The average Bonchev–Trinajstić information content (AvgIpc) is 2.76. The van der Waals surface area contributed by atoms with E-state index < -0.39 is 0 Å². The van der Waals surface area contributed by atoms with E-state index >= 15 is 0 Å². The Morgan fingerprint density at radius 3 is 2.03 bits per heavy atom. The van der Waals surface area contributed by atoms with E-state index in [1.165, 1.54) is 35.4 Å². The van der Waals surface area contributed by atoms with Gasteiger partial charge in [0.05, 0.1) is 6.61 Å². The molecule has 3 heteroatoms. The minimum atomic E-state index is -0.116. The van der Waals surface area contributed by atoms with Crippen LogP contribution < -0.4 is 0 Å². The number of aliphatic hydroxyl groups excluding tert-OH is 1. The molecule has 150 valence electrons. The van der Waals surface area contributed by atoms with Crippen LogP contribution in [0.5, 0.6) is 0 Å². The highest BCUT2D eigenvalue weighted by Crippen LogP contribution is 2.37. The van der Waals surface area contributed by atoms with E-state index in [1.54, 1.807) is 0 Å². The second-order valence-electron chi connectivity index (χ2n) is 7.85. The van der Waals surface area contributed by atoms with E-state index in [-0.39, 0.29) is 12.6 Å². The van der Waals surface area contributed by atoms with Crippen molar-refractivity contribution >= 4 is 38.3 Å². The number of carbonyl (C=O) groups excluding carboxylic acids is 1. The van der Waals surface area contributed by atoms with Crippen molar-refractivity contribution in [2.45, 2.75) is 58.7 Å². The van der Waals surface area contributed by atoms with Gasteiger partial charge < -0.3 is 9.84 Å². The Morgan fingerprint density at radius 1 is 0.793 bits per heavy atom. The maximum Gasteiger partial charge on any atom is 0.306 e. The zero-order valence-electron chi connectivity index (χ0n) is 17.0. The van der Waals surface area contributed by atoms with Crippen molar-refractivity contribution in [3.8, 4) is 0 Å². The molecule has 29 heavy (non-hydrogen) atoms. The molecule has 0 saturated carbocycles. The average molecular weight is 389 g/mol. The fourth-order valence-corrected chi connectivity index (χ4v) is 4.29. The number of ether oxygens (including phenoxy) is 1. The highest BCUT2D eigenvalue weighted by atomic mass is 16.5. The molecule has 0 fully saturated rings. The number of carbonyl (C=O) groups is 1. The Bertz CT molecular complexity index is 1130. The van der Waals surface area contributed by atoms with Crippen LogP contribution in [0.25, 0.3) is 32.3 Å². The second kappa shape index (κ2) is 8.79. The maximum absolute atomic E-state index is 12.2. The number of rotatable bonds is 9. The molecule has 0 heterocycles. The van der Waals surface area contributed by atoms with Gasteiger partial charge >= 0.3 is 5.97 Å². The molecule has 3 nitrogen and oxygen atoms in total. The Hall–Kier alpha value is -2.65. The highest BCUT2D eigenvalue weighted by Gasteiger charge is 2.13. The predicted molar refractivity (Wildman–Crippen MR) is 119 cm³/mol. The second-order valence-corrected chi connectivity index (χ2v) is 7.85. The highest BCUT2D eigenvalue weighted by molar-refractivity contribution is 6.24. The largest absolute Gasteiger partial charge is 0.461 e. The Labute approximate surface area is 171 Å². The van der Waals surface area contributed by atoms with Crippen molar-refractivity contribution in [2.24, 2.45) is 0 Å². The number of esters is 1. The van der Waals surface area contributed by atoms with Gasteiger partial charge in [0, 0.05) is 6.42 Å². The van der Waals surface area contributed by atoms with E-state index in [0.29, 0.717) is 13.0 Å². The summed E-state index contributed by atoms with van der Waals surface area (Å²) in [5.74, 6) is -0.116. The van der Waals surface area contributed by atoms with Crippen LogP contribution in [0.3, 0.4) is 0 Å². The van der Waals surface area contributed by atoms with Gasteiger partial charge in [-0.2, -0.15) is 0 Å². The molecule has 1 N–H and O–H groups in total. The third kappa shape index (κ3) is 3.92. The van der Waals surface area contributed by atoms with Gasteiger partial charge in [0.1, 0.15) is 6.61 Å². The van der Waals surface area contributed by atoms with Crippen LogP contribution in [0.4, 0.5) is 0 Å². The lowest BCUT2D eigenvalue weighted by atomic mass is 9.90. The summed E-state index contributed by atoms with van der Waals surface area (Å²) in [5, 5.41) is 16.6. The summed E-state index contributed by atoms with van der Waals surface area (Å²) in [6.45, 7) is 2.52. The van der Waals surface area contributed by atoms with Crippen LogP contribution in [0.15, 0.2) is 48.5 Å². The Kier molecular flexibility index (Phi) is 5.96. The molecule has 0 amide bonds. The molecule has 0 spiro atoms. The lowest BCUT2D eigenvalue weighted by molar-refractivity contribution is -0.145. The summed E-state index contributed by atoms with van der Waals surface area (Å²) >= 11 is 0. The molecule has 4 aromatic carbocycles. The third-order valence-electron chi connectivity index (χ3n) is 5.89. The lowest BCUT2D eigenvalue weighted by Crippen LogP contribution is -2.05. The van der Waals surface area contributed by atoms with E-state index in [9.17, 15) is 9.90 Å². The van der Waals surface area contributed by atoms with Gasteiger partial charge in [-0.1, -0.05) is 81.1 Å². The van der Waals surface area contributed by atoms with Gasteiger partial charge in [-0.25, -0.2) is 0 Å². The topological polar surface area (TPSA) is 46.5 Å². The van der Waals surface area contributed by atoms with Gasteiger partial charge in [0.25, 0.3) is 0 Å². The van der Waals surface area contributed by atoms with Crippen molar-refractivity contribution < 1.29 is 14.6 Å². The molecule has 0 saturated heterocycles. The van der Waals surface area contributed by atoms with Crippen molar-refractivity contribution in [3.63, 3.8) is 0 Å². The van der Waals surface area contributed by atoms with E-state index in [2.05, 4.69) is 49.4 Å². The van der Waals surface area contributed by atoms with Crippen LogP contribution in [-0.4, -0.2) is 11.1 Å². The number of hydrogen-bond donors (Lipinski definition) is 1. The summed E-state index contributed by atoms with van der Waals surface area (Å²) in [7, 11) is 0. The molecule has 0 aliphatic carbocycles. The number of aliphatic hydroxyl groups is 1. The molecule has 0 aliphatic rings. The minimum Gasteiger partial charge on any atom is -0.461 e. The fourth-order valence-electron chi connectivity index (χ4n) is 4.29. The normalized spacial score (nSPS) is 11.7. The van der Waals surface area contributed by atoms with Gasteiger partial charge in [-0.15, -0.1) is 0 Å². The quantitative estimate of drug-likeness (QED) is 0.203. The fraction of sp³-hybridized carbons (Fsp3) is 0.346. The minimum absolute atomic E-state index is 0.0247. The maximum atomic E-state index is 12.2. The van der Waals surface area contributed by atoms with Crippen molar-refractivity contribution in [3.05, 3.63) is 59.7 Å². The zero-order valence-corrected chi connectivity index (χ0v) is 17.0. The van der Waals surface area contributed by atoms with Gasteiger partial charge in [-0.05, 0) is 49.9 Å². The van der Waals surface area contributed by atoms with Crippen LogP contribution in [0.2, 0.25) is 0 Å². The van der Waals surface area contributed by atoms with E-state index in [0.717, 1.165) is 40.1 Å². The lowest BCUT2D eigenvalue weighted by Gasteiger charge is -2.15. The standard InChI is InChI=1S/C26H28O3/c1-2-3-4-5-6-7-24(28)29-17-21-11-9-19-12-14-22-20(16-27)10-8-18-13-15-23(21)26(19)25(18)22/h8-15,27H,2-7,16-17H2,1H3. The number of hydrogen-bond acceptors (Lipinski definition) is 3. The molecular weight excluding hydrogens is 360 g/mol. The molecule has 4 aromatic rings. The van der Waals surface area contributed by atoms with Crippen LogP contribution in [0, 0.1) is 0 Å². The van der Waals surface area contributed by atoms with Crippen LogP contribution >= 0.6 is 0 Å². The molecular formula is C26H28O3. The van der Waals surface area contributed by atoms with Crippen molar-refractivity contribution in [2.75, 3.05) is 0 Å². The predicted octanol–water partition coefficient (Wildman–Crippen LogP) is 6.48. The monoisotopic (exact) mass is 388 g/mol. The van der Waals surface area contributed by atoms with Crippen LogP contribution in [-0.2, 0) is 22.7 Å². The molecule has 0 unspecified atom stereocenters. The summed E-state index contributed by atoms with van der Waals surface area (Å²) in [6.07, 6.45) is 6.12. The third-order valence-corrected chi connectivity index (χ3v) is 5.89. The van der Waals surface area contributed by atoms with E-state index in [1.807, 2.05) is 6.07 Å². The molecule has 0 radical (unpaired) electrons. The van der Waals surface area contributed by atoms with Gasteiger partial charge in [-0.3, -0.25) is 4.79 Å². The molecule has 0 aliphatic heterocycles. The summed E-state index contributed by atoms with van der Waals surface area (Å²) in [6, 6.07) is 16.7. The first-order valence-electron chi connectivity index (χ1n) is 10.7. The smallest absolute Gasteiger partial charge is 0.306 e. The summed E-state index contributed by atoms with van der Waals surface area (Å²) in [5.41, 5.74) is 1.97. The Balaban J connectivity index is 1.59. The zero-order chi connectivity index (χ0) is 20.2. The molecule has 0 aromatic heterocycles. The Morgan fingerprint density at radius 2 is 1.38 bits per heavy atom. The SMILES string of the molecule is CCCCCCCC(=O)OCc1ccc2ccc3c(CO)ccc4ccc1c2c43.